The van der Waals surface area contributed by atoms with Crippen molar-refractivity contribution in [2.75, 3.05) is 11.4 Å². The molecule has 1 aliphatic rings. The van der Waals surface area contributed by atoms with E-state index in [1.165, 1.54) is 11.0 Å². The third kappa shape index (κ3) is 2.86. The highest BCUT2D eigenvalue weighted by atomic mass is 19.1. The van der Waals surface area contributed by atoms with Crippen LogP contribution in [0.3, 0.4) is 0 Å². The van der Waals surface area contributed by atoms with E-state index in [9.17, 15) is 9.18 Å². The number of benzene rings is 1. The lowest BCUT2D eigenvalue weighted by Gasteiger charge is -2.14. The standard InChI is InChI=1S/C19H15FN6O2/c20-17-9-14(26-12-15(28-19(26)27)11-25-8-6-22-23-25)2-3-16(17)13-1-4-18-21-5-7-24(18)10-13/h1-10,15H,11-12H2/t15-/m0/s1. The molecule has 1 atom stereocenters. The zero-order valence-electron chi connectivity index (χ0n) is 14.6. The molecule has 0 spiro atoms. The Morgan fingerprint density at radius 1 is 1.18 bits per heavy atom. The van der Waals surface area contributed by atoms with Gasteiger partial charge in [0.15, 0.2) is 0 Å². The van der Waals surface area contributed by atoms with Gasteiger partial charge >= 0.3 is 6.09 Å². The van der Waals surface area contributed by atoms with Crippen LogP contribution in [0.25, 0.3) is 16.8 Å². The topological polar surface area (TPSA) is 77.6 Å². The smallest absolute Gasteiger partial charge is 0.414 e. The third-order valence-electron chi connectivity index (χ3n) is 4.70. The predicted octanol–water partition coefficient (Wildman–Crippen LogP) is 2.76. The maximum Gasteiger partial charge on any atom is 0.414 e. The number of carbonyl (C=O) groups excluding carboxylic acids is 1. The molecule has 1 amide bonds. The maximum absolute atomic E-state index is 14.8. The van der Waals surface area contributed by atoms with Crippen LogP contribution in [-0.4, -0.2) is 43.1 Å². The second-order valence-electron chi connectivity index (χ2n) is 6.52. The van der Waals surface area contributed by atoms with Crippen molar-refractivity contribution in [3.05, 3.63) is 67.1 Å². The molecule has 4 aromatic rings. The summed E-state index contributed by atoms with van der Waals surface area (Å²) in [6.07, 6.45) is 7.69. The number of imidazole rings is 1. The highest BCUT2D eigenvalue weighted by Gasteiger charge is 2.33. The summed E-state index contributed by atoms with van der Waals surface area (Å²) in [5.74, 6) is -0.413. The number of anilines is 1. The summed E-state index contributed by atoms with van der Waals surface area (Å²) in [4.78, 5) is 17.8. The van der Waals surface area contributed by atoms with Crippen LogP contribution in [0.4, 0.5) is 14.9 Å². The summed E-state index contributed by atoms with van der Waals surface area (Å²) in [6.45, 7) is 0.714. The summed E-state index contributed by atoms with van der Waals surface area (Å²) < 4.78 is 23.6. The quantitative estimate of drug-likeness (QED) is 0.546. The number of fused-ring (bicyclic) bond motifs is 1. The predicted molar refractivity (Wildman–Crippen MR) is 98.2 cm³/mol. The minimum atomic E-state index is -0.503. The van der Waals surface area contributed by atoms with Crippen LogP contribution in [0.1, 0.15) is 0 Å². The molecule has 0 aliphatic carbocycles. The first-order valence-corrected chi connectivity index (χ1v) is 8.72. The number of cyclic esters (lactones) is 1. The Bertz CT molecular complexity index is 1160. The average Bonchev–Trinajstić information content (AvgIpc) is 3.42. The molecule has 8 nitrogen and oxygen atoms in total. The van der Waals surface area contributed by atoms with Crippen LogP contribution in [0.15, 0.2) is 61.3 Å². The van der Waals surface area contributed by atoms with Crippen molar-refractivity contribution in [1.82, 2.24) is 24.4 Å². The van der Waals surface area contributed by atoms with E-state index in [0.29, 0.717) is 24.3 Å². The summed E-state index contributed by atoms with van der Waals surface area (Å²) in [7, 11) is 0. The van der Waals surface area contributed by atoms with Crippen LogP contribution < -0.4 is 4.90 Å². The van der Waals surface area contributed by atoms with Crippen molar-refractivity contribution in [3.8, 4) is 11.1 Å². The highest BCUT2D eigenvalue weighted by molar-refractivity contribution is 5.90. The summed E-state index contributed by atoms with van der Waals surface area (Å²) >= 11 is 0. The molecule has 0 N–H and O–H groups in total. The number of hydrogen-bond donors (Lipinski definition) is 0. The Labute approximate surface area is 158 Å². The molecule has 1 aromatic carbocycles. The number of rotatable bonds is 4. The van der Waals surface area contributed by atoms with Crippen LogP contribution in [0, 0.1) is 5.82 Å². The van der Waals surface area contributed by atoms with Gasteiger partial charge in [-0.05, 0) is 30.3 Å². The van der Waals surface area contributed by atoms with E-state index in [2.05, 4.69) is 15.3 Å². The van der Waals surface area contributed by atoms with Gasteiger partial charge in [-0.1, -0.05) is 5.21 Å². The first-order valence-electron chi connectivity index (χ1n) is 8.72. The molecule has 5 rings (SSSR count). The van der Waals surface area contributed by atoms with Crippen molar-refractivity contribution in [1.29, 1.82) is 0 Å². The molecule has 140 valence electrons. The van der Waals surface area contributed by atoms with Crippen LogP contribution in [0.5, 0.6) is 0 Å². The third-order valence-corrected chi connectivity index (χ3v) is 4.70. The molecule has 1 aliphatic heterocycles. The zero-order chi connectivity index (χ0) is 19.1. The molecular formula is C19H15FN6O2. The van der Waals surface area contributed by atoms with Crippen LogP contribution in [-0.2, 0) is 11.3 Å². The number of aromatic nitrogens is 5. The SMILES string of the molecule is O=C1O[C@@H](Cn2ccnn2)CN1c1ccc(-c2ccc3nccn3c2)c(F)c1. The van der Waals surface area contributed by atoms with Gasteiger partial charge in [0.2, 0.25) is 0 Å². The number of pyridine rings is 1. The lowest BCUT2D eigenvalue weighted by atomic mass is 10.1. The van der Waals surface area contributed by atoms with Gasteiger partial charge < -0.3 is 9.14 Å². The lowest BCUT2D eigenvalue weighted by Crippen LogP contribution is -2.26. The van der Waals surface area contributed by atoms with E-state index in [1.807, 2.05) is 22.7 Å². The van der Waals surface area contributed by atoms with Crippen molar-refractivity contribution >= 4 is 17.4 Å². The molecule has 1 fully saturated rings. The van der Waals surface area contributed by atoms with E-state index in [4.69, 9.17) is 4.74 Å². The Balaban J connectivity index is 1.39. The average molecular weight is 378 g/mol. The molecule has 9 heteroatoms. The first-order chi connectivity index (χ1) is 13.7. The molecule has 0 unspecified atom stereocenters. The normalized spacial score (nSPS) is 16.7. The Hall–Kier alpha value is -3.75. The van der Waals surface area contributed by atoms with E-state index in [-0.39, 0.29) is 6.10 Å². The van der Waals surface area contributed by atoms with Crippen molar-refractivity contribution < 1.29 is 13.9 Å². The summed E-state index contributed by atoms with van der Waals surface area (Å²) in [5.41, 5.74) is 2.42. The van der Waals surface area contributed by atoms with Gasteiger partial charge in [-0.3, -0.25) is 4.90 Å². The fourth-order valence-corrected chi connectivity index (χ4v) is 3.35. The molecule has 28 heavy (non-hydrogen) atoms. The monoisotopic (exact) mass is 378 g/mol. The van der Waals surface area contributed by atoms with Gasteiger partial charge in [0.25, 0.3) is 0 Å². The largest absolute Gasteiger partial charge is 0.442 e. The maximum atomic E-state index is 14.8. The zero-order valence-corrected chi connectivity index (χ0v) is 14.6. The van der Waals surface area contributed by atoms with Crippen molar-refractivity contribution in [2.24, 2.45) is 0 Å². The molecule has 1 saturated heterocycles. The van der Waals surface area contributed by atoms with Gasteiger partial charge in [-0.25, -0.2) is 18.9 Å². The number of nitrogens with zero attached hydrogens (tertiary/aromatic N) is 6. The molecule has 0 radical (unpaired) electrons. The molecule has 4 heterocycles. The van der Waals surface area contributed by atoms with Crippen LogP contribution >= 0.6 is 0 Å². The molecule has 3 aromatic heterocycles. The lowest BCUT2D eigenvalue weighted by molar-refractivity contribution is 0.129. The van der Waals surface area contributed by atoms with E-state index >= 15 is 0 Å². The second kappa shape index (κ2) is 6.45. The van der Waals surface area contributed by atoms with Crippen LogP contribution in [0.2, 0.25) is 0 Å². The van der Waals surface area contributed by atoms with Gasteiger partial charge in [0.05, 0.1) is 25.0 Å². The molecular weight excluding hydrogens is 363 g/mol. The Morgan fingerprint density at radius 2 is 2.11 bits per heavy atom. The van der Waals surface area contributed by atoms with Crippen molar-refractivity contribution in [2.45, 2.75) is 12.6 Å². The number of amides is 1. The highest BCUT2D eigenvalue weighted by Crippen LogP contribution is 2.29. The van der Waals surface area contributed by atoms with Gasteiger partial charge in [0.1, 0.15) is 17.6 Å². The Kier molecular flexibility index (Phi) is 3.78. The summed E-state index contributed by atoms with van der Waals surface area (Å²) in [6, 6.07) is 8.39. The van der Waals surface area contributed by atoms with Gasteiger partial charge in [-0.15, -0.1) is 5.10 Å². The van der Waals surface area contributed by atoms with Gasteiger partial charge in [0, 0.05) is 35.9 Å². The first kappa shape index (κ1) is 16.4. The fourth-order valence-electron chi connectivity index (χ4n) is 3.35. The van der Waals surface area contributed by atoms with E-state index < -0.39 is 11.9 Å². The minimum Gasteiger partial charge on any atom is -0.442 e. The number of carbonyl (C=O) groups is 1. The van der Waals surface area contributed by atoms with E-state index in [1.54, 1.807) is 41.6 Å². The Morgan fingerprint density at radius 3 is 2.93 bits per heavy atom. The number of hydrogen-bond acceptors (Lipinski definition) is 5. The summed E-state index contributed by atoms with van der Waals surface area (Å²) in [5, 5.41) is 7.60. The second-order valence-corrected chi connectivity index (χ2v) is 6.52. The van der Waals surface area contributed by atoms with Crippen molar-refractivity contribution in [3.63, 3.8) is 0 Å². The fraction of sp³-hybridized carbons (Fsp3) is 0.158. The number of halogens is 1. The van der Waals surface area contributed by atoms with E-state index in [0.717, 1.165) is 11.2 Å². The minimum absolute atomic E-state index is 0.318. The number of ether oxygens (including phenoxy) is 1. The van der Waals surface area contributed by atoms with Gasteiger partial charge in [-0.2, -0.15) is 0 Å². The molecule has 0 saturated carbocycles. The molecule has 0 bridgehead atoms.